The Balaban J connectivity index is 1.87. The van der Waals surface area contributed by atoms with Crippen molar-refractivity contribution in [2.45, 2.75) is 38.8 Å². The van der Waals surface area contributed by atoms with Gasteiger partial charge in [-0.25, -0.2) is 0 Å². The predicted molar refractivity (Wildman–Crippen MR) is 80.9 cm³/mol. The number of nitrogens with zero attached hydrogens (tertiary/aromatic N) is 2. The molecule has 2 rings (SSSR count). The lowest BCUT2D eigenvalue weighted by Gasteiger charge is -2.05. The minimum atomic E-state index is 0.231. The number of hydrogen-bond acceptors (Lipinski definition) is 3. The fourth-order valence-corrected chi connectivity index (χ4v) is 2.12. The van der Waals surface area contributed by atoms with E-state index in [1.807, 2.05) is 23.0 Å². The van der Waals surface area contributed by atoms with E-state index in [-0.39, 0.29) is 6.04 Å². The molecule has 0 aliphatic rings. The number of hydrogen-bond donors (Lipinski definition) is 1. The molecule has 0 bridgehead atoms. The number of benzene rings is 1. The third-order valence-electron chi connectivity index (χ3n) is 3.50. The molecule has 20 heavy (non-hydrogen) atoms. The Hall–Kier alpha value is -1.81. The van der Waals surface area contributed by atoms with E-state index >= 15 is 0 Å². The number of ether oxygens (including phenoxy) is 1. The number of methoxy groups -OCH3 is 1. The Morgan fingerprint density at radius 2 is 2.00 bits per heavy atom. The quantitative estimate of drug-likeness (QED) is 0.843. The van der Waals surface area contributed by atoms with Gasteiger partial charge in [-0.1, -0.05) is 19.1 Å². The maximum absolute atomic E-state index is 5.96. The SMILES string of the molecule is CCC(N)Cc1cnn(CCc2ccc(OC)cc2)c1. The highest BCUT2D eigenvalue weighted by Crippen LogP contribution is 2.12. The molecule has 0 aliphatic carbocycles. The molecule has 2 aromatic rings. The van der Waals surface area contributed by atoms with Crippen LogP contribution in [-0.2, 0) is 19.4 Å². The van der Waals surface area contributed by atoms with E-state index in [0.717, 1.165) is 31.6 Å². The monoisotopic (exact) mass is 273 g/mol. The van der Waals surface area contributed by atoms with Crippen LogP contribution in [0.1, 0.15) is 24.5 Å². The number of aryl methyl sites for hydroxylation is 2. The van der Waals surface area contributed by atoms with Gasteiger partial charge in [0.05, 0.1) is 13.3 Å². The third-order valence-corrected chi connectivity index (χ3v) is 3.50. The highest BCUT2D eigenvalue weighted by atomic mass is 16.5. The van der Waals surface area contributed by atoms with Crippen LogP contribution < -0.4 is 10.5 Å². The highest BCUT2D eigenvalue weighted by molar-refractivity contribution is 5.27. The zero-order valence-electron chi connectivity index (χ0n) is 12.2. The first kappa shape index (κ1) is 14.6. The van der Waals surface area contributed by atoms with E-state index in [2.05, 4.69) is 30.4 Å². The van der Waals surface area contributed by atoms with Crippen molar-refractivity contribution in [2.24, 2.45) is 5.73 Å². The van der Waals surface area contributed by atoms with Gasteiger partial charge >= 0.3 is 0 Å². The van der Waals surface area contributed by atoms with Gasteiger partial charge in [0.2, 0.25) is 0 Å². The number of rotatable bonds is 7. The van der Waals surface area contributed by atoms with Crippen molar-refractivity contribution < 1.29 is 4.74 Å². The van der Waals surface area contributed by atoms with Crippen molar-refractivity contribution in [3.8, 4) is 5.75 Å². The molecule has 0 aliphatic heterocycles. The molecule has 0 amide bonds. The molecule has 1 heterocycles. The lowest BCUT2D eigenvalue weighted by Crippen LogP contribution is -2.21. The second-order valence-electron chi connectivity index (χ2n) is 5.08. The second kappa shape index (κ2) is 7.10. The van der Waals surface area contributed by atoms with Gasteiger partial charge in [-0.2, -0.15) is 5.10 Å². The van der Waals surface area contributed by atoms with Crippen LogP contribution in [0.15, 0.2) is 36.7 Å². The molecule has 1 unspecified atom stereocenters. The van der Waals surface area contributed by atoms with E-state index in [4.69, 9.17) is 10.5 Å². The molecule has 108 valence electrons. The summed E-state index contributed by atoms with van der Waals surface area (Å²) in [7, 11) is 1.68. The average molecular weight is 273 g/mol. The Morgan fingerprint density at radius 3 is 2.65 bits per heavy atom. The maximum atomic E-state index is 5.96. The molecular weight excluding hydrogens is 250 g/mol. The van der Waals surface area contributed by atoms with Gasteiger partial charge in [-0.05, 0) is 42.5 Å². The summed E-state index contributed by atoms with van der Waals surface area (Å²) in [5, 5.41) is 4.39. The summed E-state index contributed by atoms with van der Waals surface area (Å²) in [6.45, 7) is 2.99. The topological polar surface area (TPSA) is 53.1 Å². The van der Waals surface area contributed by atoms with Crippen molar-refractivity contribution in [1.82, 2.24) is 9.78 Å². The minimum Gasteiger partial charge on any atom is -0.497 e. The zero-order chi connectivity index (χ0) is 14.4. The molecule has 0 saturated heterocycles. The van der Waals surface area contributed by atoms with E-state index in [0.29, 0.717) is 0 Å². The Morgan fingerprint density at radius 1 is 1.25 bits per heavy atom. The summed E-state index contributed by atoms with van der Waals surface area (Å²) >= 11 is 0. The van der Waals surface area contributed by atoms with Crippen molar-refractivity contribution in [3.63, 3.8) is 0 Å². The number of aromatic nitrogens is 2. The van der Waals surface area contributed by atoms with E-state index in [1.165, 1.54) is 11.1 Å². The van der Waals surface area contributed by atoms with Crippen LogP contribution in [0.3, 0.4) is 0 Å². The van der Waals surface area contributed by atoms with Crippen molar-refractivity contribution in [3.05, 3.63) is 47.8 Å². The van der Waals surface area contributed by atoms with Crippen LogP contribution in [0.5, 0.6) is 5.75 Å². The van der Waals surface area contributed by atoms with Gasteiger partial charge in [0.1, 0.15) is 5.75 Å². The molecule has 0 saturated carbocycles. The maximum Gasteiger partial charge on any atom is 0.118 e. The van der Waals surface area contributed by atoms with Crippen LogP contribution in [0, 0.1) is 0 Å². The van der Waals surface area contributed by atoms with Crippen LogP contribution in [0.2, 0.25) is 0 Å². The van der Waals surface area contributed by atoms with Crippen LogP contribution >= 0.6 is 0 Å². The first-order chi connectivity index (χ1) is 9.71. The van der Waals surface area contributed by atoms with Crippen LogP contribution in [-0.4, -0.2) is 22.9 Å². The van der Waals surface area contributed by atoms with Crippen LogP contribution in [0.25, 0.3) is 0 Å². The molecule has 4 nitrogen and oxygen atoms in total. The van der Waals surface area contributed by atoms with E-state index in [9.17, 15) is 0 Å². The summed E-state index contributed by atoms with van der Waals surface area (Å²) in [6, 6.07) is 8.40. The Labute approximate surface area is 120 Å². The third kappa shape index (κ3) is 4.10. The zero-order valence-corrected chi connectivity index (χ0v) is 12.2. The normalized spacial score (nSPS) is 12.3. The van der Waals surface area contributed by atoms with E-state index in [1.54, 1.807) is 7.11 Å². The lowest BCUT2D eigenvalue weighted by atomic mass is 10.1. The first-order valence-corrected chi connectivity index (χ1v) is 7.11. The standard InChI is InChI=1S/C16H23N3O/c1-3-15(17)10-14-11-18-19(12-14)9-8-13-4-6-16(20-2)7-5-13/h4-7,11-12,15H,3,8-10,17H2,1-2H3. The van der Waals surface area contributed by atoms with Gasteiger partial charge in [0, 0.05) is 18.8 Å². The average Bonchev–Trinajstić information content (AvgIpc) is 2.93. The van der Waals surface area contributed by atoms with Gasteiger partial charge in [0.25, 0.3) is 0 Å². The number of nitrogens with two attached hydrogens (primary N) is 1. The minimum absolute atomic E-state index is 0.231. The largest absolute Gasteiger partial charge is 0.497 e. The molecule has 1 atom stereocenters. The van der Waals surface area contributed by atoms with Gasteiger partial charge in [-0.15, -0.1) is 0 Å². The first-order valence-electron chi connectivity index (χ1n) is 7.11. The Bertz CT molecular complexity index is 519. The van der Waals surface area contributed by atoms with Crippen molar-refractivity contribution in [1.29, 1.82) is 0 Å². The van der Waals surface area contributed by atoms with Crippen molar-refractivity contribution >= 4 is 0 Å². The summed E-state index contributed by atoms with van der Waals surface area (Å²) in [6.07, 6.45) is 6.88. The molecule has 0 spiro atoms. The molecule has 2 N–H and O–H groups in total. The lowest BCUT2D eigenvalue weighted by molar-refractivity contribution is 0.414. The molecule has 4 heteroatoms. The summed E-state index contributed by atoms with van der Waals surface area (Å²) in [4.78, 5) is 0. The highest BCUT2D eigenvalue weighted by Gasteiger charge is 2.04. The molecule has 0 radical (unpaired) electrons. The smallest absolute Gasteiger partial charge is 0.118 e. The van der Waals surface area contributed by atoms with Crippen LogP contribution in [0.4, 0.5) is 0 Å². The predicted octanol–water partition coefficient (Wildman–Crippen LogP) is 2.41. The fraction of sp³-hybridized carbons (Fsp3) is 0.438. The summed E-state index contributed by atoms with van der Waals surface area (Å²) in [5.74, 6) is 0.892. The fourth-order valence-electron chi connectivity index (χ4n) is 2.12. The molecule has 1 aromatic carbocycles. The molecule has 0 fully saturated rings. The summed E-state index contributed by atoms with van der Waals surface area (Å²) in [5.41, 5.74) is 8.46. The van der Waals surface area contributed by atoms with E-state index < -0.39 is 0 Å². The second-order valence-corrected chi connectivity index (χ2v) is 5.08. The summed E-state index contributed by atoms with van der Waals surface area (Å²) < 4.78 is 7.14. The van der Waals surface area contributed by atoms with Gasteiger partial charge < -0.3 is 10.5 Å². The molecule has 1 aromatic heterocycles. The van der Waals surface area contributed by atoms with Crippen molar-refractivity contribution in [2.75, 3.05) is 7.11 Å². The van der Waals surface area contributed by atoms with Gasteiger partial charge in [-0.3, -0.25) is 4.68 Å². The van der Waals surface area contributed by atoms with Gasteiger partial charge in [0.15, 0.2) is 0 Å². The Kier molecular flexibility index (Phi) is 5.18. The molecular formula is C16H23N3O.